The summed E-state index contributed by atoms with van der Waals surface area (Å²) in [6.45, 7) is 0. The van der Waals surface area contributed by atoms with Crippen molar-refractivity contribution in [3.8, 4) is 6.07 Å². The Hall–Kier alpha value is -1.73. The van der Waals surface area contributed by atoms with Gasteiger partial charge < -0.3 is 15.7 Å². The lowest BCUT2D eigenvalue weighted by Crippen LogP contribution is -2.45. The summed E-state index contributed by atoms with van der Waals surface area (Å²) in [6.07, 6.45) is 3.66. The maximum absolute atomic E-state index is 9.81. The Balaban J connectivity index is 1.98. The van der Waals surface area contributed by atoms with E-state index in [1.807, 2.05) is 6.07 Å². The van der Waals surface area contributed by atoms with Crippen LogP contribution in [0.5, 0.6) is 0 Å². The molecular weight excluding hydrogens is 226 g/mol. The maximum atomic E-state index is 9.81. The monoisotopic (exact) mass is 243 g/mol. The first-order valence-electron chi connectivity index (χ1n) is 6.45. The number of nitriles is 1. The number of hydrogen-bond acceptors (Lipinski definition) is 4. The van der Waals surface area contributed by atoms with Crippen LogP contribution in [0.15, 0.2) is 18.2 Å². The molecular formula is C14H17N3O. The van der Waals surface area contributed by atoms with E-state index in [1.165, 1.54) is 0 Å². The SMILES string of the molecule is N#Cc1ccc(N)c(N2C3CCC2CC(O)C3)c1. The molecule has 0 spiro atoms. The Morgan fingerprint density at radius 3 is 2.56 bits per heavy atom. The second-order valence-electron chi connectivity index (χ2n) is 5.30. The molecule has 2 aliphatic rings. The van der Waals surface area contributed by atoms with E-state index >= 15 is 0 Å². The fourth-order valence-corrected chi connectivity index (χ4v) is 3.38. The summed E-state index contributed by atoms with van der Waals surface area (Å²) >= 11 is 0. The fourth-order valence-electron chi connectivity index (χ4n) is 3.38. The highest BCUT2D eigenvalue weighted by atomic mass is 16.3. The zero-order valence-electron chi connectivity index (χ0n) is 10.2. The van der Waals surface area contributed by atoms with Gasteiger partial charge in [0.1, 0.15) is 0 Å². The molecule has 94 valence electrons. The Kier molecular flexibility index (Phi) is 2.64. The summed E-state index contributed by atoms with van der Waals surface area (Å²) in [5.41, 5.74) is 8.38. The van der Waals surface area contributed by atoms with Crippen LogP contribution in [-0.2, 0) is 0 Å². The van der Waals surface area contributed by atoms with Crippen LogP contribution < -0.4 is 10.6 Å². The van der Waals surface area contributed by atoms with E-state index in [4.69, 9.17) is 11.0 Å². The molecule has 4 nitrogen and oxygen atoms in total. The first-order valence-corrected chi connectivity index (χ1v) is 6.45. The Morgan fingerprint density at radius 1 is 1.28 bits per heavy atom. The van der Waals surface area contributed by atoms with Crippen LogP contribution in [0.4, 0.5) is 11.4 Å². The Labute approximate surface area is 107 Å². The Morgan fingerprint density at radius 2 is 1.94 bits per heavy atom. The summed E-state index contributed by atoms with van der Waals surface area (Å²) < 4.78 is 0. The van der Waals surface area contributed by atoms with Gasteiger partial charge >= 0.3 is 0 Å². The van der Waals surface area contributed by atoms with Crippen molar-refractivity contribution < 1.29 is 5.11 Å². The number of piperidine rings is 1. The minimum atomic E-state index is -0.181. The molecule has 0 aliphatic carbocycles. The number of nitrogens with zero attached hydrogens (tertiary/aromatic N) is 2. The molecule has 3 N–H and O–H groups in total. The first kappa shape index (κ1) is 11.4. The van der Waals surface area contributed by atoms with Crippen molar-refractivity contribution in [1.82, 2.24) is 0 Å². The molecule has 2 atom stereocenters. The van der Waals surface area contributed by atoms with Crippen molar-refractivity contribution >= 4 is 11.4 Å². The molecule has 3 rings (SSSR count). The molecule has 4 heteroatoms. The molecule has 0 aromatic heterocycles. The quantitative estimate of drug-likeness (QED) is 0.735. The average molecular weight is 243 g/mol. The van der Waals surface area contributed by atoms with Gasteiger partial charge in [0.05, 0.1) is 29.1 Å². The summed E-state index contributed by atoms with van der Waals surface area (Å²) in [4.78, 5) is 2.32. The van der Waals surface area contributed by atoms with Crippen molar-refractivity contribution in [3.63, 3.8) is 0 Å². The van der Waals surface area contributed by atoms with Gasteiger partial charge in [-0.3, -0.25) is 0 Å². The number of nitrogen functional groups attached to an aromatic ring is 1. The minimum absolute atomic E-state index is 0.181. The van der Waals surface area contributed by atoms with Crippen LogP contribution in [0.25, 0.3) is 0 Å². The zero-order valence-corrected chi connectivity index (χ0v) is 10.2. The molecule has 2 saturated heterocycles. The van der Waals surface area contributed by atoms with Crippen molar-refractivity contribution in [3.05, 3.63) is 23.8 Å². The standard InChI is InChI=1S/C14H17N3O/c15-8-9-1-4-13(16)14(5-9)17-10-2-3-11(17)7-12(18)6-10/h1,4-5,10-12,18H,2-3,6-7,16H2. The second-order valence-corrected chi connectivity index (χ2v) is 5.30. The van der Waals surface area contributed by atoms with E-state index in [-0.39, 0.29) is 6.10 Å². The van der Waals surface area contributed by atoms with Gasteiger partial charge in [0, 0.05) is 12.1 Å². The number of hydrogen-bond donors (Lipinski definition) is 2. The van der Waals surface area contributed by atoms with Crippen LogP contribution >= 0.6 is 0 Å². The number of aliphatic hydroxyl groups is 1. The Bertz CT molecular complexity index is 494. The van der Waals surface area contributed by atoms with Crippen LogP contribution in [0.2, 0.25) is 0 Å². The van der Waals surface area contributed by atoms with Crippen molar-refractivity contribution in [2.24, 2.45) is 0 Å². The number of rotatable bonds is 1. The van der Waals surface area contributed by atoms with Gasteiger partial charge in [-0.15, -0.1) is 0 Å². The molecule has 2 fully saturated rings. The van der Waals surface area contributed by atoms with Gasteiger partial charge in [0.2, 0.25) is 0 Å². The van der Waals surface area contributed by atoms with E-state index in [0.717, 1.165) is 37.1 Å². The van der Waals surface area contributed by atoms with Gasteiger partial charge in [0.25, 0.3) is 0 Å². The lowest BCUT2D eigenvalue weighted by atomic mass is 9.98. The predicted molar refractivity (Wildman–Crippen MR) is 70.1 cm³/mol. The van der Waals surface area contributed by atoms with Gasteiger partial charge in [-0.1, -0.05) is 0 Å². The topological polar surface area (TPSA) is 73.3 Å². The predicted octanol–water partition coefficient (Wildman–Crippen LogP) is 1.63. The van der Waals surface area contributed by atoms with Gasteiger partial charge in [-0.05, 0) is 43.9 Å². The number of benzene rings is 1. The van der Waals surface area contributed by atoms with Crippen molar-refractivity contribution in [1.29, 1.82) is 5.26 Å². The third-order valence-corrected chi connectivity index (χ3v) is 4.15. The van der Waals surface area contributed by atoms with Crippen molar-refractivity contribution in [2.75, 3.05) is 10.6 Å². The van der Waals surface area contributed by atoms with Crippen LogP contribution in [0.3, 0.4) is 0 Å². The minimum Gasteiger partial charge on any atom is -0.397 e. The number of fused-ring (bicyclic) bond motifs is 2. The number of nitrogens with two attached hydrogens (primary N) is 1. The van der Waals surface area contributed by atoms with E-state index in [0.29, 0.717) is 17.6 Å². The number of anilines is 2. The second kappa shape index (κ2) is 4.18. The number of aliphatic hydroxyl groups excluding tert-OH is 1. The molecule has 2 unspecified atom stereocenters. The smallest absolute Gasteiger partial charge is 0.0992 e. The molecule has 0 amide bonds. The highest BCUT2D eigenvalue weighted by Crippen LogP contribution is 2.41. The van der Waals surface area contributed by atoms with Crippen LogP contribution in [0.1, 0.15) is 31.2 Å². The average Bonchev–Trinajstić information content (AvgIpc) is 2.63. The van der Waals surface area contributed by atoms with E-state index in [1.54, 1.807) is 12.1 Å². The summed E-state index contributed by atoms with van der Waals surface area (Å²) in [6, 6.07) is 8.33. The fraction of sp³-hybridized carbons (Fsp3) is 0.500. The van der Waals surface area contributed by atoms with Gasteiger partial charge in [-0.2, -0.15) is 5.26 Å². The molecule has 1 aromatic carbocycles. The highest BCUT2D eigenvalue weighted by Gasteiger charge is 2.40. The molecule has 1 aromatic rings. The largest absolute Gasteiger partial charge is 0.397 e. The van der Waals surface area contributed by atoms with Crippen molar-refractivity contribution in [2.45, 2.75) is 43.9 Å². The molecule has 2 heterocycles. The van der Waals surface area contributed by atoms with Gasteiger partial charge in [-0.25, -0.2) is 0 Å². The third kappa shape index (κ3) is 1.72. The van der Waals surface area contributed by atoms with Crippen LogP contribution in [-0.4, -0.2) is 23.3 Å². The molecule has 2 bridgehead atoms. The molecule has 2 aliphatic heterocycles. The molecule has 18 heavy (non-hydrogen) atoms. The lowest BCUT2D eigenvalue weighted by molar-refractivity contribution is 0.126. The van der Waals surface area contributed by atoms with E-state index in [9.17, 15) is 5.11 Å². The molecule has 0 saturated carbocycles. The van der Waals surface area contributed by atoms with E-state index in [2.05, 4.69) is 11.0 Å². The lowest BCUT2D eigenvalue weighted by Gasteiger charge is -2.39. The first-order chi connectivity index (χ1) is 8.69. The maximum Gasteiger partial charge on any atom is 0.0992 e. The summed E-state index contributed by atoms with van der Waals surface area (Å²) in [5.74, 6) is 0. The summed E-state index contributed by atoms with van der Waals surface area (Å²) in [7, 11) is 0. The summed E-state index contributed by atoms with van der Waals surface area (Å²) in [5, 5.41) is 18.8. The normalized spacial score (nSPS) is 30.2. The third-order valence-electron chi connectivity index (χ3n) is 4.15. The zero-order chi connectivity index (χ0) is 12.7. The van der Waals surface area contributed by atoms with Gasteiger partial charge in [0.15, 0.2) is 0 Å². The highest BCUT2D eigenvalue weighted by molar-refractivity contribution is 5.71. The molecule has 0 radical (unpaired) electrons. The van der Waals surface area contributed by atoms with Crippen LogP contribution in [0, 0.1) is 11.3 Å². The van der Waals surface area contributed by atoms with E-state index < -0.39 is 0 Å².